The molecule has 198 valence electrons. The Bertz CT molecular complexity index is 1050. The molecule has 0 aromatic heterocycles. The summed E-state index contributed by atoms with van der Waals surface area (Å²) in [5, 5.41) is 0. The maximum atomic E-state index is 11.3. The molecule has 0 spiro atoms. The van der Waals surface area contributed by atoms with Crippen molar-refractivity contribution in [2.75, 3.05) is 14.2 Å². The van der Waals surface area contributed by atoms with Crippen molar-refractivity contribution in [3.63, 3.8) is 0 Å². The molecule has 2 aromatic rings. The molecule has 4 heteroatoms. The van der Waals surface area contributed by atoms with Crippen molar-refractivity contribution in [1.29, 1.82) is 0 Å². The van der Waals surface area contributed by atoms with E-state index < -0.39 is 0 Å². The van der Waals surface area contributed by atoms with Crippen LogP contribution in [0.1, 0.15) is 62.5 Å². The zero-order valence-corrected chi connectivity index (χ0v) is 22.5. The molecule has 0 saturated carbocycles. The number of allylic oxidation sites excluding steroid dienone is 2. The molecule has 0 N–H and O–H groups in total. The number of methoxy groups -OCH3 is 2. The molecule has 0 aliphatic carbocycles. The third-order valence-electron chi connectivity index (χ3n) is 6.02. The zero-order chi connectivity index (χ0) is 27.3. The number of carbonyl (C=O) groups is 2. The van der Waals surface area contributed by atoms with Crippen molar-refractivity contribution in [3.05, 3.63) is 96.1 Å². The van der Waals surface area contributed by atoms with Crippen molar-refractivity contribution in [2.24, 2.45) is 11.8 Å². The summed E-state index contributed by atoms with van der Waals surface area (Å²) in [6.07, 6.45) is 14.1. The monoisotopic (exact) mass is 510 g/mol. The van der Waals surface area contributed by atoms with Gasteiger partial charge in [0.2, 0.25) is 0 Å². The molecular formula is C34H38O4. The van der Waals surface area contributed by atoms with E-state index in [1.54, 1.807) is 0 Å². The maximum Gasteiger partial charge on any atom is 0.330 e. The predicted molar refractivity (Wildman–Crippen MR) is 153 cm³/mol. The van der Waals surface area contributed by atoms with Crippen molar-refractivity contribution < 1.29 is 19.1 Å². The molecule has 0 bridgehead atoms. The Morgan fingerprint density at radius 3 is 1.42 bits per heavy atom. The van der Waals surface area contributed by atoms with Crippen LogP contribution in [0.25, 0.3) is 0 Å². The average molecular weight is 511 g/mol. The number of ether oxygens (including phenoxy) is 2. The lowest BCUT2D eigenvalue weighted by Gasteiger charge is -2.18. The van der Waals surface area contributed by atoms with E-state index in [0.29, 0.717) is 0 Å². The highest BCUT2D eigenvalue weighted by atomic mass is 16.5. The minimum absolute atomic E-state index is 0.126. The summed E-state index contributed by atoms with van der Waals surface area (Å²) in [5.74, 6) is 13.4. The standard InChI is InChI=1S/C34H38O4/c1-37-33(35)23-15-5-3-13-21-31(27-25-29-17-9-7-10-18-29)32(28-26-30-19-11-8-12-20-30)22-14-4-6-16-24-34(36)38-2/h7-12,15-20,23-24,31-32H,3-6,13-14,21-22H2,1-2H3/b23-15+,24-16+. The van der Waals surface area contributed by atoms with Gasteiger partial charge in [0.25, 0.3) is 0 Å². The summed E-state index contributed by atoms with van der Waals surface area (Å²) in [6.45, 7) is 0. The van der Waals surface area contributed by atoms with Gasteiger partial charge in [-0.15, -0.1) is 0 Å². The van der Waals surface area contributed by atoms with Crippen LogP contribution in [0.2, 0.25) is 0 Å². The van der Waals surface area contributed by atoms with E-state index in [2.05, 4.69) is 33.2 Å². The largest absolute Gasteiger partial charge is 0.466 e. The molecule has 0 saturated heterocycles. The third kappa shape index (κ3) is 13.3. The van der Waals surface area contributed by atoms with Gasteiger partial charge in [-0.1, -0.05) is 85.1 Å². The van der Waals surface area contributed by atoms with Crippen LogP contribution in [-0.2, 0) is 19.1 Å². The van der Waals surface area contributed by atoms with Gasteiger partial charge in [0.15, 0.2) is 0 Å². The highest BCUT2D eigenvalue weighted by molar-refractivity contribution is 5.82. The van der Waals surface area contributed by atoms with Crippen LogP contribution in [-0.4, -0.2) is 26.2 Å². The summed E-state index contributed by atoms with van der Waals surface area (Å²) in [7, 11) is 2.77. The first-order valence-corrected chi connectivity index (χ1v) is 13.2. The molecular weight excluding hydrogens is 472 g/mol. The molecule has 2 rings (SSSR count). The zero-order valence-electron chi connectivity index (χ0n) is 22.5. The van der Waals surface area contributed by atoms with Crippen molar-refractivity contribution in [2.45, 2.75) is 51.4 Å². The molecule has 0 radical (unpaired) electrons. The summed E-state index contributed by atoms with van der Waals surface area (Å²) in [6, 6.07) is 20.1. The first-order valence-electron chi connectivity index (χ1n) is 13.2. The Hall–Kier alpha value is -4.02. The highest BCUT2D eigenvalue weighted by Gasteiger charge is 2.17. The summed E-state index contributed by atoms with van der Waals surface area (Å²) in [4.78, 5) is 22.6. The molecule has 0 fully saturated rings. The van der Waals surface area contributed by atoms with Crippen LogP contribution in [0.15, 0.2) is 85.0 Å². The van der Waals surface area contributed by atoms with Gasteiger partial charge in [0.1, 0.15) is 0 Å². The second kappa shape index (κ2) is 19.1. The van der Waals surface area contributed by atoms with Gasteiger partial charge in [0.05, 0.1) is 14.2 Å². The number of hydrogen-bond donors (Lipinski definition) is 0. The molecule has 2 unspecified atom stereocenters. The second-order valence-corrected chi connectivity index (χ2v) is 8.90. The fraction of sp³-hybridized carbons (Fsp3) is 0.353. The summed E-state index contributed by atoms with van der Waals surface area (Å²) < 4.78 is 9.31. The number of unbranched alkanes of at least 4 members (excludes halogenated alkanes) is 4. The lowest BCUT2D eigenvalue weighted by molar-refractivity contribution is -0.135. The van der Waals surface area contributed by atoms with E-state index in [4.69, 9.17) is 0 Å². The van der Waals surface area contributed by atoms with Crippen molar-refractivity contribution >= 4 is 11.9 Å². The minimum Gasteiger partial charge on any atom is -0.466 e. The first-order chi connectivity index (χ1) is 18.6. The van der Waals surface area contributed by atoms with Gasteiger partial charge in [0, 0.05) is 35.1 Å². The van der Waals surface area contributed by atoms with Gasteiger partial charge in [-0.25, -0.2) is 9.59 Å². The molecule has 0 heterocycles. The molecule has 0 aliphatic rings. The second-order valence-electron chi connectivity index (χ2n) is 8.90. The normalized spacial score (nSPS) is 12.2. The smallest absolute Gasteiger partial charge is 0.330 e. The topological polar surface area (TPSA) is 52.6 Å². The number of rotatable bonds is 13. The summed E-state index contributed by atoms with van der Waals surface area (Å²) in [5.41, 5.74) is 2.00. The Kier molecular flexibility index (Phi) is 15.2. The van der Waals surface area contributed by atoms with Gasteiger partial charge in [-0.05, 0) is 62.8 Å². The Balaban J connectivity index is 2.14. The van der Waals surface area contributed by atoms with Gasteiger partial charge in [-0.2, -0.15) is 0 Å². The Morgan fingerprint density at radius 1 is 0.658 bits per heavy atom. The van der Waals surface area contributed by atoms with E-state index in [9.17, 15) is 9.59 Å². The van der Waals surface area contributed by atoms with E-state index >= 15 is 0 Å². The summed E-state index contributed by atoms with van der Waals surface area (Å²) >= 11 is 0. The number of carbonyl (C=O) groups excluding carboxylic acids is 2. The van der Waals surface area contributed by atoms with E-state index in [1.807, 2.05) is 72.8 Å². The number of benzene rings is 2. The average Bonchev–Trinajstić information content (AvgIpc) is 2.96. The molecule has 0 amide bonds. The molecule has 2 atom stereocenters. The molecule has 2 aromatic carbocycles. The molecule has 0 aliphatic heterocycles. The Labute approximate surface area is 228 Å². The SMILES string of the molecule is COC(=O)/C=C/CCCCC(C#Cc1ccccc1)C(C#Cc1ccccc1)CCCC/C=C/C(=O)OC. The van der Waals surface area contributed by atoms with Crippen LogP contribution < -0.4 is 0 Å². The van der Waals surface area contributed by atoms with Gasteiger partial charge < -0.3 is 9.47 Å². The van der Waals surface area contributed by atoms with Crippen LogP contribution in [0.5, 0.6) is 0 Å². The number of hydrogen-bond acceptors (Lipinski definition) is 4. The van der Waals surface area contributed by atoms with Crippen LogP contribution >= 0.6 is 0 Å². The van der Waals surface area contributed by atoms with Crippen molar-refractivity contribution in [1.82, 2.24) is 0 Å². The maximum absolute atomic E-state index is 11.3. The third-order valence-corrected chi connectivity index (χ3v) is 6.02. The predicted octanol–water partition coefficient (Wildman–Crippen LogP) is 6.90. The fourth-order valence-electron chi connectivity index (χ4n) is 3.89. The first kappa shape index (κ1) is 30.2. The quantitative estimate of drug-likeness (QED) is 0.127. The molecule has 38 heavy (non-hydrogen) atoms. The van der Waals surface area contributed by atoms with Crippen LogP contribution in [0, 0.1) is 35.5 Å². The number of esters is 2. The fourth-order valence-corrected chi connectivity index (χ4v) is 3.89. The Morgan fingerprint density at radius 2 is 1.05 bits per heavy atom. The van der Waals surface area contributed by atoms with Gasteiger partial charge in [-0.3, -0.25) is 0 Å². The van der Waals surface area contributed by atoms with Crippen molar-refractivity contribution in [3.8, 4) is 23.7 Å². The lowest BCUT2D eigenvalue weighted by Crippen LogP contribution is -2.12. The molecule has 4 nitrogen and oxygen atoms in total. The van der Waals surface area contributed by atoms with E-state index in [-0.39, 0.29) is 23.8 Å². The van der Waals surface area contributed by atoms with Gasteiger partial charge >= 0.3 is 11.9 Å². The van der Waals surface area contributed by atoms with Crippen LogP contribution in [0.4, 0.5) is 0 Å². The van der Waals surface area contributed by atoms with E-state index in [1.165, 1.54) is 26.4 Å². The van der Waals surface area contributed by atoms with Crippen LogP contribution in [0.3, 0.4) is 0 Å². The minimum atomic E-state index is -0.325. The lowest BCUT2D eigenvalue weighted by atomic mass is 9.84. The highest BCUT2D eigenvalue weighted by Crippen LogP contribution is 2.25. The van der Waals surface area contributed by atoms with E-state index in [0.717, 1.165) is 62.5 Å².